The Bertz CT molecular complexity index is 671. The number of hydrogen-bond donors (Lipinski definition) is 3. The second-order valence-corrected chi connectivity index (χ2v) is 9.54. The number of carboxylic acid groups (broad SMARTS) is 1. The lowest BCUT2D eigenvalue weighted by Gasteiger charge is -2.65. The number of ketones is 1. The second-order valence-electron chi connectivity index (χ2n) is 9.54. The van der Waals surface area contributed by atoms with E-state index in [1.54, 1.807) is 6.92 Å². The number of allylic oxidation sites excluding steroid dienone is 1. The average Bonchev–Trinajstić information content (AvgIpc) is 2.83. The molecule has 4 aliphatic rings. The summed E-state index contributed by atoms with van der Waals surface area (Å²) in [5.74, 6) is -1.58. The van der Waals surface area contributed by atoms with E-state index < -0.39 is 40.3 Å². The van der Waals surface area contributed by atoms with Crippen LogP contribution >= 0.6 is 0 Å². The topological polar surface area (TPSA) is 94.8 Å². The van der Waals surface area contributed by atoms with Gasteiger partial charge in [-0.05, 0) is 43.9 Å². The molecule has 0 saturated heterocycles. The quantitative estimate of drug-likeness (QED) is 0.631. The molecule has 8 atom stereocenters. The number of carboxylic acids is 1. The third kappa shape index (κ3) is 1.86. The molecular formula is C20H28O5. The molecule has 3 N–H and O–H groups in total. The van der Waals surface area contributed by atoms with Crippen LogP contribution < -0.4 is 0 Å². The fourth-order valence-electron chi connectivity index (χ4n) is 7.41. The average molecular weight is 348 g/mol. The molecule has 2 bridgehead atoms. The summed E-state index contributed by atoms with van der Waals surface area (Å²) in [5.41, 5.74) is -1.20. The Morgan fingerprint density at radius 1 is 1.24 bits per heavy atom. The van der Waals surface area contributed by atoms with Crippen molar-refractivity contribution in [1.29, 1.82) is 0 Å². The Morgan fingerprint density at radius 2 is 1.92 bits per heavy atom. The summed E-state index contributed by atoms with van der Waals surface area (Å²) in [6.45, 7) is 7.82. The van der Waals surface area contributed by atoms with Gasteiger partial charge >= 0.3 is 5.97 Å². The molecule has 5 heteroatoms. The second kappa shape index (κ2) is 4.95. The van der Waals surface area contributed by atoms with E-state index in [0.29, 0.717) is 25.7 Å². The maximum atomic E-state index is 12.7. The van der Waals surface area contributed by atoms with Crippen LogP contribution in [0, 0.1) is 34.0 Å². The van der Waals surface area contributed by atoms with E-state index in [-0.39, 0.29) is 17.6 Å². The van der Waals surface area contributed by atoms with E-state index in [1.807, 2.05) is 6.92 Å². The van der Waals surface area contributed by atoms with Crippen LogP contribution in [0.5, 0.6) is 0 Å². The van der Waals surface area contributed by atoms with Crippen molar-refractivity contribution in [3.8, 4) is 0 Å². The number of aliphatic hydroxyl groups excluding tert-OH is 2. The zero-order chi connectivity index (χ0) is 18.4. The lowest BCUT2D eigenvalue weighted by molar-refractivity contribution is -0.252. The number of hydrogen-bond acceptors (Lipinski definition) is 4. The molecule has 1 spiro atoms. The van der Waals surface area contributed by atoms with E-state index in [1.165, 1.54) is 0 Å². The van der Waals surface area contributed by atoms with Crippen molar-refractivity contribution in [3.63, 3.8) is 0 Å². The number of Topliss-reactive ketones (excluding diaryl/α,β-unsaturated/α-hetero) is 1. The predicted molar refractivity (Wildman–Crippen MR) is 90.6 cm³/mol. The lowest BCUT2D eigenvalue weighted by atomic mass is 9.39. The first-order valence-corrected chi connectivity index (χ1v) is 9.38. The number of rotatable bonds is 1. The standard InChI is InChI=1S/C20H28O5/c1-10-8-20-9-11(10)12(21)7-13(20)18(2)5-4-6-19(3,17(24)25)15(18)14(22)16(20)23/h11,13-16,22-23H,1,4-9H2,2-3H3,(H,24,25)/t11-,13+,14+,15+,16+,18+,19-,20+/m1/s1. The van der Waals surface area contributed by atoms with Gasteiger partial charge in [0.2, 0.25) is 0 Å². The zero-order valence-corrected chi connectivity index (χ0v) is 15.0. The first kappa shape index (κ1) is 17.2. The van der Waals surface area contributed by atoms with Crippen molar-refractivity contribution < 1.29 is 24.9 Å². The fraction of sp³-hybridized carbons (Fsp3) is 0.800. The molecule has 4 fully saturated rings. The van der Waals surface area contributed by atoms with Gasteiger partial charge in [-0.3, -0.25) is 9.59 Å². The molecule has 0 aromatic carbocycles. The molecule has 4 rings (SSSR count). The molecule has 0 aromatic rings. The number of aliphatic carboxylic acids is 1. The molecule has 0 aromatic heterocycles. The van der Waals surface area contributed by atoms with Crippen LogP contribution in [0.25, 0.3) is 0 Å². The minimum atomic E-state index is -1.08. The van der Waals surface area contributed by atoms with Gasteiger partial charge < -0.3 is 15.3 Å². The van der Waals surface area contributed by atoms with Gasteiger partial charge in [-0.15, -0.1) is 0 Å². The summed E-state index contributed by atoms with van der Waals surface area (Å²) in [5, 5.41) is 32.1. The van der Waals surface area contributed by atoms with Gasteiger partial charge in [-0.25, -0.2) is 0 Å². The van der Waals surface area contributed by atoms with E-state index >= 15 is 0 Å². The van der Waals surface area contributed by atoms with Gasteiger partial charge in [-0.2, -0.15) is 0 Å². The zero-order valence-electron chi connectivity index (χ0n) is 15.0. The van der Waals surface area contributed by atoms with Gasteiger partial charge in [0.15, 0.2) is 0 Å². The Hall–Kier alpha value is -1.20. The van der Waals surface area contributed by atoms with Crippen molar-refractivity contribution >= 4 is 11.8 Å². The van der Waals surface area contributed by atoms with Crippen molar-refractivity contribution in [2.75, 3.05) is 0 Å². The smallest absolute Gasteiger partial charge is 0.309 e. The van der Waals surface area contributed by atoms with Crippen LogP contribution in [0.3, 0.4) is 0 Å². The molecule has 138 valence electrons. The Labute approximate surface area is 148 Å². The third-order valence-corrected chi connectivity index (χ3v) is 8.47. The molecule has 0 amide bonds. The molecule has 25 heavy (non-hydrogen) atoms. The number of aliphatic hydroxyl groups is 2. The molecule has 0 radical (unpaired) electrons. The summed E-state index contributed by atoms with van der Waals surface area (Å²) >= 11 is 0. The summed E-state index contributed by atoms with van der Waals surface area (Å²) in [6, 6.07) is 0. The van der Waals surface area contributed by atoms with Crippen LogP contribution in [0.1, 0.15) is 52.4 Å². The minimum absolute atomic E-state index is 0.0922. The van der Waals surface area contributed by atoms with Crippen LogP contribution in [0.4, 0.5) is 0 Å². The SMILES string of the molecule is C=C1C[C@]23C[C@H]1C(=O)C[C@H]2[C@]1(C)CCC[C@@](C)(C(=O)O)[C@H]1[C@H](O)[C@@H]3O. The number of fused-ring (bicyclic) bond motifs is 3. The van der Waals surface area contributed by atoms with Crippen LogP contribution in [0.15, 0.2) is 12.2 Å². The maximum Gasteiger partial charge on any atom is 0.309 e. The summed E-state index contributed by atoms with van der Waals surface area (Å²) in [6.07, 6.45) is 1.47. The van der Waals surface area contributed by atoms with E-state index in [9.17, 15) is 24.9 Å². The summed E-state index contributed by atoms with van der Waals surface area (Å²) < 4.78 is 0. The van der Waals surface area contributed by atoms with Crippen LogP contribution in [-0.2, 0) is 9.59 Å². The van der Waals surface area contributed by atoms with Gasteiger partial charge in [0.05, 0.1) is 17.6 Å². The first-order chi connectivity index (χ1) is 11.6. The van der Waals surface area contributed by atoms with Crippen LogP contribution in [0.2, 0.25) is 0 Å². The highest BCUT2D eigenvalue weighted by atomic mass is 16.4. The molecule has 0 heterocycles. The van der Waals surface area contributed by atoms with Gasteiger partial charge in [-0.1, -0.05) is 25.5 Å². The largest absolute Gasteiger partial charge is 0.481 e. The minimum Gasteiger partial charge on any atom is -0.481 e. The summed E-state index contributed by atoms with van der Waals surface area (Å²) in [7, 11) is 0. The van der Waals surface area contributed by atoms with Crippen LogP contribution in [-0.4, -0.2) is 39.3 Å². The molecule has 5 nitrogen and oxygen atoms in total. The molecular weight excluding hydrogens is 320 g/mol. The van der Waals surface area contributed by atoms with Gasteiger partial charge in [0.25, 0.3) is 0 Å². The highest BCUT2D eigenvalue weighted by Crippen LogP contribution is 2.71. The number of carbonyl (C=O) groups is 2. The summed E-state index contributed by atoms with van der Waals surface area (Å²) in [4.78, 5) is 24.8. The molecule has 4 aliphatic carbocycles. The molecule has 0 unspecified atom stereocenters. The highest BCUT2D eigenvalue weighted by Gasteiger charge is 2.72. The van der Waals surface area contributed by atoms with Gasteiger partial charge in [0, 0.05) is 23.7 Å². The first-order valence-electron chi connectivity index (χ1n) is 9.38. The van der Waals surface area contributed by atoms with Gasteiger partial charge in [0.1, 0.15) is 5.78 Å². The monoisotopic (exact) mass is 348 g/mol. The van der Waals surface area contributed by atoms with Crippen molar-refractivity contribution in [3.05, 3.63) is 12.2 Å². The van der Waals surface area contributed by atoms with Crippen molar-refractivity contribution in [2.24, 2.45) is 34.0 Å². The Kier molecular flexibility index (Phi) is 3.41. The molecule has 4 saturated carbocycles. The third-order valence-electron chi connectivity index (χ3n) is 8.47. The van der Waals surface area contributed by atoms with E-state index in [0.717, 1.165) is 18.4 Å². The van der Waals surface area contributed by atoms with E-state index in [4.69, 9.17) is 0 Å². The lowest BCUT2D eigenvalue weighted by Crippen LogP contribution is -2.69. The highest BCUT2D eigenvalue weighted by molar-refractivity contribution is 5.86. The van der Waals surface area contributed by atoms with E-state index in [2.05, 4.69) is 6.58 Å². The fourth-order valence-corrected chi connectivity index (χ4v) is 7.41. The molecule has 0 aliphatic heterocycles. The van der Waals surface area contributed by atoms with Crippen molar-refractivity contribution in [1.82, 2.24) is 0 Å². The maximum absolute atomic E-state index is 12.7. The van der Waals surface area contributed by atoms with Crippen molar-refractivity contribution in [2.45, 2.75) is 64.6 Å². The Balaban J connectivity index is 1.88. The normalized spacial score (nSPS) is 54.8. The number of carbonyl (C=O) groups excluding carboxylic acids is 1. The predicted octanol–water partition coefficient (Wildman–Crippen LogP) is 2.16. The Morgan fingerprint density at radius 3 is 2.56 bits per heavy atom.